The van der Waals surface area contributed by atoms with E-state index < -0.39 is 30.3 Å². The van der Waals surface area contributed by atoms with Gasteiger partial charge < -0.3 is 4.74 Å². The van der Waals surface area contributed by atoms with Gasteiger partial charge in [0, 0.05) is 10.9 Å². The number of rotatable bonds is 4. The summed E-state index contributed by atoms with van der Waals surface area (Å²) in [5.41, 5.74) is -0.638. The van der Waals surface area contributed by atoms with E-state index in [1.54, 1.807) is 0 Å². The monoisotopic (exact) mass is 311 g/mol. The molecule has 0 saturated heterocycles. The summed E-state index contributed by atoms with van der Waals surface area (Å²) in [6.07, 6.45) is -3.30. The normalized spacial score (nSPS) is 10.7. The van der Waals surface area contributed by atoms with Crippen LogP contribution in [0, 0.1) is 5.95 Å². The van der Waals surface area contributed by atoms with E-state index in [-0.39, 0.29) is 16.6 Å². The highest BCUT2D eigenvalue weighted by molar-refractivity contribution is 9.08. The fraction of sp³-hybridized carbons (Fsp3) is 0.400. The van der Waals surface area contributed by atoms with Gasteiger partial charge in [-0.2, -0.15) is 4.39 Å². The number of alkyl halides is 3. The first-order valence-electron chi connectivity index (χ1n) is 4.58. The van der Waals surface area contributed by atoms with Gasteiger partial charge in [-0.3, -0.25) is 4.79 Å². The number of halogens is 4. The van der Waals surface area contributed by atoms with Gasteiger partial charge in [0.15, 0.2) is 0 Å². The molecule has 94 valence electrons. The predicted molar refractivity (Wildman–Crippen MR) is 57.5 cm³/mol. The molecule has 0 aliphatic carbocycles. The van der Waals surface area contributed by atoms with Crippen LogP contribution < -0.4 is 0 Å². The Kier molecular flexibility index (Phi) is 4.92. The maximum atomic E-state index is 13.1. The fourth-order valence-electron chi connectivity index (χ4n) is 1.35. The number of aromatic nitrogens is 1. The van der Waals surface area contributed by atoms with E-state index in [1.807, 2.05) is 0 Å². The minimum absolute atomic E-state index is 0.0558. The van der Waals surface area contributed by atoms with Gasteiger partial charge in [0.1, 0.15) is 0 Å². The molecule has 7 heteroatoms. The zero-order valence-corrected chi connectivity index (χ0v) is 10.4. The highest BCUT2D eigenvalue weighted by atomic mass is 79.9. The van der Waals surface area contributed by atoms with Crippen LogP contribution in [0.3, 0.4) is 0 Å². The summed E-state index contributed by atoms with van der Waals surface area (Å²) < 4.78 is 43.1. The van der Waals surface area contributed by atoms with Crippen molar-refractivity contribution in [3.8, 4) is 0 Å². The van der Waals surface area contributed by atoms with Crippen molar-refractivity contribution in [1.82, 2.24) is 4.98 Å². The van der Waals surface area contributed by atoms with Gasteiger partial charge in [-0.15, -0.1) is 0 Å². The molecule has 0 aliphatic rings. The summed E-state index contributed by atoms with van der Waals surface area (Å²) in [6, 6.07) is 0.914. The number of methoxy groups -OCH3 is 1. The maximum absolute atomic E-state index is 13.1. The van der Waals surface area contributed by atoms with Crippen LogP contribution >= 0.6 is 15.9 Å². The van der Waals surface area contributed by atoms with Crippen LogP contribution in [-0.4, -0.2) is 18.1 Å². The third kappa shape index (κ3) is 3.42. The van der Waals surface area contributed by atoms with Crippen LogP contribution in [0.5, 0.6) is 0 Å². The highest BCUT2D eigenvalue weighted by Gasteiger charge is 2.22. The van der Waals surface area contributed by atoms with Crippen LogP contribution in [-0.2, 0) is 21.3 Å². The molecular weight excluding hydrogens is 303 g/mol. The smallest absolute Gasteiger partial charge is 0.311 e. The second kappa shape index (κ2) is 6.00. The van der Waals surface area contributed by atoms with Crippen molar-refractivity contribution in [1.29, 1.82) is 0 Å². The molecule has 0 saturated carbocycles. The molecule has 0 radical (unpaired) electrons. The molecule has 0 unspecified atom stereocenters. The van der Waals surface area contributed by atoms with E-state index in [9.17, 15) is 18.0 Å². The van der Waals surface area contributed by atoms with Crippen molar-refractivity contribution in [3.63, 3.8) is 0 Å². The number of nitrogens with zero attached hydrogens (tertiary/aromatic N) is 1. The van der Waals surface area contributed by atoms with Gasteiger partial charge >= 0.3 is 5.97 Å². The average molecular weight is 312 g/mol. The lowest BCUT2D eigenvalue weighted by atomic mass is 10.1. The molecular formula is C10H9BrF3NO2. The van der Waals surface area contributed by atoms with Crippen LogP contribution in [0.25, 0.3) is 0 Å². The van der Waals surface area contributed by atoms with Crippen molar-refractivity contribution < 1.29 is 22.7 Å². The van der Waals surface area contributed by atoms with Crippen molar-refractivity contribution in [3.05, 3.63) is 28.8 Å². The molecule has 1 heterocycles. The molecule has 1 aromatic heterocycles. The Bertz CT molecular complexity index is 426. The quantitative estimate of drug-likeness (QED) is 0.487. The van der Waals surface area contributed by atoms with Gasteiger partial charge in [-0.1, -0.05) is 15.9 Å². The minimum atomic E-state index is -2.82. The average Bonchev–Trinajstić information content (AvgIpc) is 2.27. The zero-order chi connectivity index (χ0) is 13.0. The van der Waals surface area contributed by atoms with Crippen molar-refractivity contribution in [2.24, 2.45) is 0 Å². The highest BCUT2D eigenvalue weighted by Crippen LogP contribution is 2.28. The first-order valence-corrected chi connectivity index (χ1v) is 5.70. The molecule has 0 aromatic carbocycles. The molecule has 0 bridgehead atoms. The Labute approximate surface area is 104 Å². The van der Waals surface area contributed by atoms with E-state index in [2.05, 4.69) is 25.7 Å². The Morgan fingerprint density at radius 3 is 2.71 bits per heavy atom. The number of pyridine rings is 1. The number of ether oxygens (including phenoxy) is 1. The summed E-state index contributed by atoms with van der Waals surface area (Å²) >= 11 is 2.98. The Hall–Kier alpha value is -1.11. The van der Waals surface area contributed by atoms with E-state index in [4.69, 9.17) is 0 Å². The number of carbonyl (C=O) groups is 1. The molecule has 0 aliphatic heterocycles. The van der Waals surface area contributed by atoms with E-state index >= 15 is 0 Å². The molecule has 1 aromatic rings. The number of esters is 1. The van der Waals surface area contributed by atoms with Crippen LogP contribution in [0.15, 0.2) is 6.07 Å². The molecule has 17 heavy (non-hydrogen) atoms. The number of carbonyl (C=O) groups excluding carboxylic acids is 1. The fourth-order valence-corrected chi connectivity index (χ4v) is 1.81. The van der Waals surface area contributed by atoms with Gasteiger partial charge in [0.05, 0.1) is 19.2 Å². The molecule has 0 fully saturated rings. The number of hydrogen-bond acceptors (Lipinski definition) is 3. The summed E-state index contributed by atoms with van der Waals surface area (Å²) in [7, 11) is 1.12. The van der Waals surface area contributed by atoms with Gasteiger partial charge in [0.2, 0.25) is 5.95 Å². The van der Waals surface area contributed by atoms with E-state index in [1.165, 1.54) is 0 Å². The van der Waals surface area contributed by atoms with Crippen LogP contribution in [0.1, 0.15) is 23.2 Å². The summed E-state index contributed by atoms with van der Waals surface area (Å²) in [4.78, 5) is 14.3. The molecule has 3 nitrogen and oxygen atoms in total. The predicted octanol–water partition coefficient (Wildman–Crippen LogP) is 2.77. The Morgan fingerprint density at radius 1 is 1.59 bits per heavy atom. The molecule has 0 amide bonds. The second-order valence-electron chi connectivity index (χ2n) is 3.15. The standard InChI is InChI=1S/C10H9BrF3NO2/c1-17-8(16)3-6-9(10(13)14)5(4-11)2-7(12)15-6/h2,10H,3-4H2,1H3. The van der Waals surface area contributed by atoms with Gasteiger partial charge in [-0.05, 0) is 11.6 Å². The first-order chi connectivity index (χ1) is 7.99. The lowest BCUT2D eigenvalue weighted by Crippen LogP contribution is -2.12. The van der Waals surface area contributed by atoms with Crippen LogP contribution in [0.2, 0.25) is 0 Å². The Morgan fingerprint density at radius 2 is 2.24 bits per heavy atom. The Balaban J connectivity index is 3.25. The van der Waals surface area contributed by atoms with E-state index in [0.717, 1.165) is 13.2 Å². The topological polar surface area (TPSA) is 39.2 Å². The third-order valence-electron chi connectivity index (χ3n) is 2.09. The number of hydrogen-bond donors (Lipinski definition) is 0. The molecule has 1 rings (SSSR count). The van der Waals surface area contributed by atoms with Gasteiger partial charge in [-0.25, -0.2) is 13.8 Å². The summed E-state index contributed by atoms with van der Waals surface area (Å²) in [5, 5.41) is 0.0558. The third-order valence-corrected chi connectivity index (χ3v) is 2.70. The lowest BCUT2D eigenvalue weighted by Gasteiger charge is -2.11. The minimum Gasteiger partial charge on any atom is -0.469 e. The first kappa shape index (κ1) is 14.0. The van der Waals surface area contributed by atoms with E-state index in [0.29, 0.717) is 0 Å². The zero-order valence-electron chi connectivity index (χ0n) is 8.84. The summed E-state index contributed by atoms with van der Waals surface area (Å²) in [6.45, 7) is 0. The van der Waals surface area contributed by atoms with Crippen molar-refractivity contribution >= 4 is 21.9 Å². The molecule has 0 spiro atoms. The van der Waals surface area contributed by atoms with Crippen molar-refractivity contribution in [2.45, 2.75) is 18.2 Å². The lowest BCUT2D eigenvalue weighted by molar-refractivity contribution is -0.139. The summed E-state index contributed by atoms with van der Waals surface area (Å²) in [5.74, 6) is -1.65. The van der Waals surface area contributed by atoms with Gasteiger partial charge in [0.25, 0.3) is 6.43 Å². The van der Waals surface area contributed by atoms with Crippen molar-refractivity contribution in [2.75, 3.05) is 7.11 Å². The maximum Gasteiger partial charge on any atom is 0.311 e. The molecule has 0 N–H and O–H groups in total. The van der Waals surface area contributed by atoms with Crippen LogP contribution in [0.4, 0.5) is 13.2 Å². The SMILES string of the molecule is COC(=O)Cc1nc(F)cc(CBr)c1C(F)F. The second-order valence-corrected chi connectivity index (χ2v) is 3.71. The molecule has 0 atom stereocenters. The largest absolute Gasteiger partial charge is 0.469 e.